The molecule has 1 heterocycles. The van der Waals surface area contributed by atoms with Crippen molar-refractivity contribution in [2.45, 2.75) is 52.7 Å². The summed E-state index contributed by atoms with van der Waals surface area (Å²) in [6.07, 6.45) is 1.49. The van der Waals surface area contributed by atoms with E-state index in [0.717, 1.165) is 45.6 Å². The van der Waals surface area contributed by atoms with E-state index in [1.165, 1.54) is 0 Å². The molecule has 0 aliphatic carbocycles. The van der Waals surface area contributed by atoms with Crippen LogP contribution in [0.4, 0.5) is 0 Å². The average Bonchev–Trinajstić information content (AvgIpc) is 3.32. The van der Waals surface area contributed by atoms with Crippen LogP contribution < -0.4 is 17.1 Å². The number of nitrogens with zero attached hydrogens (tertiary/aromatic N) is 3. The number of rotatable bonds is 11. The lowest BCUT2D eigenvalue weighted by Gasteiger charge is -2.17. The molecule has 0 spiro atoms. The van der Waals surface area contributed by atoms with E-state index in [1.54, 1.807) is 20.8 Å². The smallest absolute Gasteiger partial charge is 0.357 e. The maximum absolute atomic E-state index is 13.1. The fraction of sp³-hybridized carbons (Fsp3) is 0.281. The monoisotopic (exact) mass is 554 g/mol. The number of aliphatic hydroxyl groups is 1. The molecule has 0 bridgehead atoms. The van der Waals surface area contributed by atoms with Crippen molar-refractivity contribution in [2.24, 2.45) is 16.7 Å². The SMILES string of the molecule is CCCc1nc(C(C)(C)O)c(C(=O)OCC)n1Cc1ccc(-c2cc(-c3ccccc3)ccc2/C(N)=N/NN)cc1. The zero-order chi connectivity index (χ0) is 29.6. The number of amidine groups is 1. The highest BCUT2D eigenvalue weighted by Gasteiger charge is 2.32. The first-order valence-corrected chi connectivity index (χ1v) is 13.7. The Bertz CT molecular complexity index is 1520. The van der Waals surface area contributed by atoms with Gasteiger partial charge < -0.3 is 20.1 Å². The number of hydrazone groups is 1. The van der Waals surface area contributed by atoms with E-state index < -0.39 is 11.6 Å². The molecule has 214 valence electrons. The Hall–Kier alpha value is -4.47. The topological polar surface area (TPSA) is 141 Å². The lowest BCUT2D eigenvalue weighted by Crippen LogP contribution is -2.23. The number of aryl methyl sites for hydroxylation is 1. The zero-order valence-corrected chi connectivity index (χ0v) is 24.0. The maximum Gasteiger partial charge on any atom is 0.357 e. The number of carbonyl (C=O) groups excluding carboxylic acids is 1. The second kappa shape index (κ2) is 12.8. The molecule has 4 aromatic rings. The molecule has 9 nitrogen and oxygen atoms in total. The summed E-state index contributed by atoms with van der Waals surface area (Å²) >= 11 is 0. The standard InChI is InChI=1S/C32H38N6O3/c1-5-10-27-35-29(32(3,4)40)28(31(39)41-6-2)38(27)20-21-13-15-23(16-14-21)26-19-24(22-11-8-7-9-12-22)17-18-25(26)30(33)36-37-34/h7-9,11-19,37,40H,5-6,10,20,34H2,1-4H3,(H2,33,36). The third kappa shape index (κ3) is 6.65. The van der Waals surface area contributed by atoms with E-state index in [1.807, 2.05) is 59.2 Å². The van der Waals surface area contributed by atoms with Gasteiger partial charge in [-0.05, 0) is 67.1 Å². The molecule has 0 amide bonds. The van der Waals surface area contributed by atoms with Crippen LogP contribution in [0, 0.1) is 0 Å². The average molecular weight is 555 g/mol. The van der Waals surface area contributed by atoms with Crippen LogP contribution >= 0.6 is 0 Å². The number of hydrazine groups is 1. The highest BCUT2D eigenvalue weighted by Crippen LogP contribution is 2.31. The molecule has 0 unspecified atom stereocenters. The van der Waals surface area contributed by atoms with E-state index >= 15 is 0 Å². The maximum atomic E-state index is 13.1. The Morgan fingerprint density at radius 3 is 2.32 bits per heavy atom. The molecule has 4 rings (SSSR count). The summed E-state index contributed by atoms with van der Waals surface area (Å²) in [6, 6.07) is 24.2. The van der Waals surface area contributed by atoms with Gasteiger partial charge in [-0.2, -0.15) is 0 Å². The Morgan fingerprint density at radius 1 is 1.02 bits per heavy atom. The van der Waals surface area contributed by atoms with Gasteiger partial charge >= 0.3 is 5.97 Å². The number of benzene rings is 3. The van der Waals surface area contributed by atoms with Gasteiger partial charge in [0, 0.05) is 18.5 Å². The molecule has 41 heavy (non-hydrogen) atoms. The number of hydrogen-bond acceptors (Lipinski definition) is 7. The van der Waals surface area contributed by atoms with Gasteiger partial charge in [0.2, 0.25) is 0 Å². The number of esters is 1. The van der Waals surface area contributed by atoms with E-state index in [2.05, 4.69) is 35.8 Å². The van der Waals surface area contributed by atoms with E-state index in [-0.39, 0.29) is 18.1 Å². The summed E-state index contributed by atoms with van der Waals surface area (Å²) in [7, 11) is 0. The molecular formula is C32H38N6O3. The third-order valence-corrected chi connectivity index (χ3v) is 6.76. The van der Waals surface area contributed by atoms with Crippen LogP contribution in [0.2, 0.25) is 0 Å². The second-order valence-electron chi connectivity index (χ2n) is 10.3. The molecular weight excluding hydrogens is 516 g/mol. The highest BCUT2D eigenvalue weighted by molar-refractivity contribution is 6.04. The lowest BCUT2D eigenvalue weighted by molar-refractivity contribution is 0.0469. The van der Waals surface area contributed by atoms with E-state index in [0.29, 0.717) is 18.7 Å². The third-order valence-electron chi connectivity index (χ3n) is 6.76. The quantitative estimate of drug-likeness (QED) is 0.0692. The van der Waals surface area contributed by atoms with Crippen molar-refractivity contribution < 1.29 is 14.6 Å². The van der Waals surface area contributed by atoms with Crippen molar-refractivity contribution in [3.63, 3.8) is 0 Å². The van der Waals surface area contributed by atoms with Crippen molar-refractivity contribution in [1.29, 1.82) is 0 Å². The molecule has 0 fully saturated rings. The molecule has 0 saturated heterocycles. The van der Waals surface area contributed by atoms with E-state index in [9.17, 15) is 9.90 Å². The first-order valence-electron chi connectivity index (χ1n) is 13.7. The number of imidazole rings is 1. The summed E-state index contributed by atoms with van der Waals surface area (Å²) in [4.78, 5) is 17.7. The summed E-state index contributed by atoms with van der Waals surface area (Å²) in [5.74, 6) is 5.91. The van der Waals surface area contributed by atoms with Gasteiger partial charge in [-0.25, -0.2) is 21.2 Å². The highest BCUT2D eigenvalue weighted by atomic mass is 16.5. The van der Waals surface area contributed by atoms with Crippen molar-refractivity contribution in [1.82, 2.24) is 15.1 Å². The van der Waals surface area contributed by atoms with Crippen molar-refractivity contribution in [3.05, 3.63) is 101 Å². The van der Waals surface area contributed by atoms with Crippen LogP contribution in [-0.4, -0.2) is 33.1 Å². The molecule has 0 atom stereocenters. The number of carbonyl (C=O) groups is 1. The fourth-order valence-electron chi connectivity index (χ4n) is 4.84. The number of ether oxygens (including phenoxy) is 1. The molecule has 9 heteroatoms. The summed E-state index contributed by atoms with van der Waals surface area (Å²) < 4.78 is 7.23. The van der Waals surface area contributed by atoms with Gasteiger partial charge in [0.15, 0.2) is 11.5 Å². The van der Waals surface area contributed by atoms with Crippen LogP contribution in [-0.2, 0) is 23.3 Å². The minimum atomic E-state index is -1.31. The minimum Gasteiger partial charge on any atom is -0.461 e. The van der Waals surface area contributed by atoms with Gasteiger partial charge in [-0.15, -0.1) is 5.10 Å². The number of aromatic nitrogens is 2. The second-order valence-corrected chi connectivity index (χ2v) is 10.3. The Labute approximate surface area is 240 Å². The predicted molar refractivity (Wildman–Crippen MR) is 162 cm³/mol. The van der Waals surface area contributed by atoms with Crippen LogP contribution in [0.5, 0.6) is 0 Å². The van der Waals surface area contributed by atoms with Gasteiger partial charge in [0.05, 0.1) is 6.61 Å². The first kappa shape index (κ1) is 29.5. The number of nitrogens with two attached hydrogens (primary N) is 2. The zero-order valence-electron chi connectivity index (χ0n) is 24.0. The Balaban J connectivity index is 1.77. The largest absolute Gasteiger partial charge is 0.461 e. The Morgan fingerprint density at radius 2 is 1.71 bits per heavy atom. The lowest BCUT2D eigenvalue weighted by atomic mass is 9.93. The molecule has 0 radical (unpaired) electrons. The molecule has 1 aromatic heterocycles. The number of hydrogen-bond donors (Lipinski definition) is 4. The molecule has 3 aromatic carbocycles. The van der Waals surface area contributed by atoms with Crippen molar-refractivity contribution in [2.75, 3.05) is 6.61 Å². The Kier molecular flexibility index (Phi) is 9.21. The van der Waals surface area contributed by atoms with Crippen LogP contribution in [0.1, 0.15) is 67.2 Å². The van der Waals surface area contributed by atoms with E-state index in [4.69, 9.17) is 21.3 Å². The summed E-state index contributed by atoms with van der Waals surface area (Å²) in [5, 5.41) is 14.8. The molecule has 6 N–H and O–H groups in total. The van der Waals surface area contributed by atoms with Crippen molar-refractivity contribution in [3.8, 4) is 22.3 Å². The number of nitrogens with one attached hydrogen (secondary N) is 1. The molecule has 0 aliphatic heterocycles. The van der Waals surface area contributed by atoms with Gasteiger partial charge in [-0.1, -0.05) is 67.6 Å². The van der Waals surface area contributed by atoms with Crippen LogP contribution in [0.15, 0.2) is 77.9 Å². The fourth-order valence-corrected chi connectivity index (χ4v) is 4.84. The van der Waals surface area contributed by atoms with Crippen LogP contribution in [0.3, 0.4) is 0 Å². The van der Waals surface area contributed by atoms with Crippen molar-refractivity contribution >= 4 is 11.8 Å². The van der Waals surface area contributed by atoms with Gasteiger partial charge in [0.1, 0.15) is 17.1 Å². The molecule has 0 saturated carbocycles. The summed E-state index contributed by atoms with van der Waals surface area (Å²) in [5.41, 5.74) is 13.5. The first-order chi connectivity index (χ1) is 19.7. The summed E-state index contributed by atoms with van der Waals surface area (Å²) in [6.45, 7) is 7.69. The van der Waals surface area contributed by atoms with Gasteiger partial charge in [0.25, 0.3) is 0 Å². The van der Waals surface area contributed by atoms with Gasteiger partial charge in [-0.3, -0.25) is 0 Å². The normalized spacial score (nSPS) is 11.9. The van der Waals surface area contributed by atoms with Crippen LogP contribution in [0.25, 0.3) is 22.3 Å². The minimum absolute atomic E-state index is 0.226. The molecule has 0 aliphatic rings. The predicted octanol–water partition coefficient (Wildman–Crippen LogP) is 4.71.